The summed E-state index contributed by atoms with van der Waals surface area (Å²) in [6.07, 6.45) is 0. The Balaban J connectivity index is -0.0000000562. The zero-order valence-corrected chi connectivity index (χ0v) is 10.6. The molecule has 0 N–H and O–H groups in total. The van der Waals surface area contributed by atoms with Gasteiger partial charge in [-0.2, -0.15) is 0 Å². The number of halogens is 17. The van der Waals surface area contributed by atoms with Crippen LogP contribution in [-0.4, -0.2) is 29.0 Å². The van der Waals surface area contributed by atoms with Gasteiger partial charge in [0.2, 0.25) is 0 Å². The van der Waals surface area contributed by atoms with Crippen LogP contribution in [0.25, 0.3) is 0 Å². The molecule has 0 aromatic heterocycles. The van der Waals surface area contributed by atoms with Gasteiger partial charge in [0.15, 0.2) is 0 Å². The predicted molar refractivity (Wildman–Crippen MR) is 41.9 cm³/mol. The minimum atomic E-state index is -6.00. The van der Waals surface area contributed by atoms with E-state index in [0.717, 1.165) is 0 Å². The summed E-state index contributed by atoms with van der Waals surface area (Å²) in [5, 5.41) is 0. The monoisotopic (exact) mass is 473 g/mol. The van der Waals surface area contributed by atoms with Gasteiger partial charge in [-0.25, -0.2) is 0 Å². The molecule has 0 aliphatic rings. The average Bonchev–Trinajstić information content (AvgIpc) is 1.92. The molecule has 0 amide bonds. The molecule has 0 aromatic carbocycles. The molecule has 0 rings (SSSR count). The Hall–Kier alpha value is -0.268. The van der Waals surface area contributed by atoms with Crippen molar-refractivity contribution in [3.63, 3.8) is 0 Å². The maximum absolute atomic E-state index is 9.75. The number of hydrogen-bond acceptors (Lipinski definition) is 0. The number of rotatable bonds is 0. The van der Waals surface area contributed by atoms with Gasteiger partial charge in [0.25, 0.3) is 0 Å². The molecule has 0 fully saturated rings. The van der Waals surface area contributed by atoms with Crippen LogP contribution in [0.2, 0.25) is 0 Å². The van der Waals surface area contributed by atoms with Crippen molar-refractivity contribution in [2.45, 2.75) is 0 Å². The van der Waals surface area contributed by atoms with Gasteiger partial charge in [0, 0.05) is 0 Å². The van der Waals surface area contributed by atoms with Crippen molar-refractivity contribution >= 4 is 29.0 Å². The van der Waals surface area contributed by atoms with E-state index in [1.165, 1.54) is 19.7 Å². The average molecular weight is 473 g/mol. The molecular formula is B4F17Pd-4. The molecule has 0 saturated heterocycles. The molecule has 0 bridgehead atoms. The second-order valence-electron chi connectivity index (χ2n) is 1.98. The minimum absolute atomic E-state index is 1.25. The molecule has 145 valence electrons. The Morgan fingerprint density at radius 3 is 0.273 bits per heavy atom. The van der Waals surface area contributed by atoms with Crippen molar-refractivity contribution in [3.05, 3.63) is 0 Å². The van der Waals surface area contributed by atoms with Crippen LogP contribution >= 0.6 is 0 Å². The van der Waals surface area contributed by atoms with E-state index in [1.54, 1.807) is 0 Å². The third-order valence-electron chi connectivity index (χ3n) is 0. The summed E-state index contributed by atoms with van der Waals surface area (Å²) in [6, 6.07) is 0. The van der Waals surface area contributed by atoms with Crippen LogP contribution in [0, 0.1) is 0 Å². The van der Waals surface area contributed by atoms with Gasteiger partial charge in [-0.05, 0) is 0 Å². The Morgan fingerprint density at radius 1 is 0.273 bits per heavy atom. The molecule has 0 nitrogen and oxygen atoms in total. The van der Waals surface area contributed by atoms with Gasteiger partial charge in [-0.1, -0.05) is 0 Å². The second-order valence-corrected chi connectivity index (χ2v) is 1.98. The summed E-state index contributed by atoms with van der Waals surface area (Å²) in [7, 11) is -24.0. The van der Waals surface area contributed by atoms with E-state index in [4.69, 9.17) is 0 Å². The molecular weight excluding hydrogens is 473 g/mol. The Kier molecular flexibility index (Phi) is 21.7. The van der Waals surface area contributed by atoms with Gasteiger partial charge in [0.05, 0.1) is 0 Å². The van der Waals surface area contributed by atoms with E-state index in [1.807, 2.05) is 0 Å². The summed E-state index contributed by atoms with van der Waals surface area (Å²) >= 11 is 1.25. The summed E-state index contributed by atoms with van der Waals surface area (Å²) in [6.45, 7) is 0. The van der Waals surface area contributed by atoms with Crippen LogP contribution in [0.5, 0.6) is 0 Å². The van der Waals surface area contributed by atoms with Gasteiger partial charge in [-0.3, -0.25) is 0 Å². The summed E-state index contributed by atoms with van der Waals surface area (Å²) in [5.74, 6) is 0. The van der Waals surface area contributed by atoms with E-state index in [9.17, 15) is 72.3 Å². The van der Waals surface area contributed by atoms with Crippen molar-refractivity contribution in [3.8, 4) is 0 Å². The zero-order chi connectivity index (χ0) is 20.0. The van der Waals surface area contributed by atoms with Crippen LogP contribution in [0.4, 0.5) is 72.3 Å². The van der Waals surface area contributed by atoms with Crippen molar-refractivity contribution in [2.75, 3.05) is 0 Å². The molecule has 0 radical (unpaired) electrons. The third-order valence-corrected chi connectivity index (χ3v) is 0. The van der Waals surface area contributed by atoms with E-state index < -0.39 is 29.0 Å². The Labute approximate surface area is 122 Å². The number of hydrogen-bond donors (Lipinski definition) is 0. The molecule has 0 saturated carbocycles. The van der Waals surface area contributed by atoms with Gasteiger partial charge < -0.3 is 69.1 Å². The van der Waals surface area contributed by atoms with Gasteiger partial charge in [-0.15, -0.1) is 0 Å². The van der Waals surface area contributed by atoms with Crippen LogP contribution in [0.1, 0.15) is 0 Å². The van der Waals surface area contributed by atoms with Crippen LogP contribution in [0.3, 0.4) is 0 Å². The Bertz CT molecular complexity index is 131. The zero-order valence-electron chi connectivity index (χ0n) is 9.05. The van der Waals surface area contributed by atoms with E-state index >= 15 is 0 Å². The summed E-state index contributed by atoms with van der Waals surface area (Å²) in [4.78, 5) is 0. The molecule has 22 heteroatoms. The fourth-order valence-electron chi connectivity index (χ4n) is 0. The van der Waals surface area contributed by atoms with Crippen LogP contribution in [0.15, 0.2) is 0 Å². The van der Waals surface area contributed by atoms with Crippen molar-refractivity contribution in [1.29, 1.82) is 0 Å². The first kappa shape index (κ1) is 33.4. The van der Waals surface area contributed by atoms with Crippen molar-refractivity contribution < 1.29 is 92.0 Å². The predicted octanol–water partition coefficient (Wildman–Crippen LogP) is 5.62. The molecule has 0 atom stereocenters. The summed E-state index contributed by atoms with van der Waals surface area (Å²) < 4.78 is 165. The first-order valence-corrected chi connectivity index (χ1v) is 4.20. The Morgan fingerprint density at radius 2 is 0.273 bits per heavy atom. The normalized spacial score (nSPS) is 11.2. The fraction of sp³-hybridized carbons (Fsp3) is 0. The molecule has 0 aromatic rings. The standard InChI is InChI=1S/4BF4.FH.Pd/c4*2-1(3,4)5;;/h;;;;1H;/q4*-1;;+1/p-1. The van der Waals surface area contributed by atoms with Gasteiger partial charge in [0.1, 0.15) is 0 Å². The topological polar surface area (TPSA) is 0 Å². The van der Waals surface area contributed by atoms with Crippen molar-refractivity contribution in [2.24, 2.45) is 0 Å². The first-order chi connectivity index (χ1) is 9.00. The van der Waals surface area contributed by atoms with Crippen molar-refractivity contribution in [1.82, 2.24) is 0 Å². The SMILES string of the molecule is F[B-](F)(F)F.F[B-](F)(F)F.F[B-](F)(F)F.F[B-](F)(F)F.[F][Pd]. The maximum atomic E-state index is 9.75. The van der Waals surface area contributed by atoms with Crippen LogP contribution < -0.4 is 0 Å². The van der Waals surface area contributed by atoms with E-state index in [0.29, 0.717) is 0 Å². The summed E-state index contributed by atoms with van der Waals surface area (Å²) in [5.41, 5.74) is 0. The molecule has 22 heavy (non-hydrogen) atoms. The molecule has 0 aliphatic carbocycles. The van der Waals surface area contributed by atoms with E-state index in [2.05, 4.69) is 0 Å². The second kappa shape index (κ2) is 14.3. The molecule has 0 heterocycles. The molecule has 0 unspecified atom stereocenters. The third kappa shape index (κ3) is 96500. The fourth-order valence-corrected chi connectivity index (χ4v) is 0. The molecule has 0 aliphatic heterocycles. The first-order valence-electron chi connectivity index (χ1n) is 3.61. The van der Waals surface area contributed by atoms with E-state index in [-0.39, 0.29) is 0 Å². The van der Waals surface area contributed by atoms with Gasteiger partial charge >= 0.3 is 52.0 Å². The quantitative estimate of drug-likeness (QED) is 0.317. The molecule has 0 spiro atoms. The van der Waals surface area contributed by atoms with Crippen LogP contribution in [-0.2, 0) is 19.7 Å².